The third kappa shape index (κ3) is 32.5. The molecule has 0 aromatic carbocycles. The molecular formula is C33H64O6. The minimum Gasteiger partial charge on any atom is -0.460 e. The zero-order chi connectivity index (χ0) is 30.0. The standard InChI is InChI=1S/C24H46O4.C9H18O2/c1-3-5-7-9-11-13-15-17-19-21-23(25)27-28-24(26)22-20-18-16-14-12-10-8-6-4-2;1-8(2,3)7(10)11-9(4,5)6/h3-22H2,1-2H3;1-6H3. The van der Waals surface area contributed by atoms with Gasteiger partial charge in [-0.1, -0.05) is 117 Å². The van der Waals surface area contributed by atoms with Gasteiger partial charge in [0.2, 0.25) is 0 Å². The molecule has 0 saturated heterocycles. The zero-order valence-corrected chi connectivity index (χ0v) is 27.1. The van der Waals surface area contributed by atoms with Crippen LogP contribution in [0.5, 0.6) is 0 Å². The topological polar surface area (TPSA) is 78.9 Å². The molecule has 6 heteroatoms. The summed E-state index contributed by atoms with van der Waals surface area (Å²) in [5.74, 6) is -1.00. The van der Waals surface area contributed by atoms with Crippen LogP contribution in [0.25, 0.3) is 0 Å². The molecule has 232 valence electrons. The van der Waals surface area contributed by atoms with Crippen LogP contribution in [0.2, 0.25) is 0 Å². The summed E-state index contributed by atoms with van der Waals surface area (Å²) < 4.78 is 5.16. The quantitative estimate of drug-likeness (QED) is 0.0642. The summed E-state index contributed by atoms with van der Waals surface area (Å²) in [5, 5.41) is 0. The normalized spacial score (nSPS) is 11.4. The van der Waals surface area contributed by atoms with Crippen molar-refractivity contribution in [2.75, 3.05) is 0 Å². The molecule has 0 heterocycles. The van der Waals surface area contributed by atoms with Gasteiger partial charge in [0.15, 0.2) is 0 Å². The highest BCUT2D eigenvalue weighted by molar-refractivity contribution is 5.75. The highest BCUT2D eigenvalue weighted by Crippen LogP contribution is 2.20. The highest BCUT2D eigenvalue weighted by atomic mass is 17.2. The van der Waals surface area contributed by atoms with Gasteiger partial charge in [0, 0.05) is 0 Å². The van der Waals surface area contributed by atoms with E-state index in [1.807, 2.05) is 41.5 Å². The van der Waals surface area contributed by atoms with Gasteiger partial charge in [-0.15, -0.1) is 0 Å². The molecule has 0 saturated carbocycles. The van der Waals surface area contributed by atoms with Crippen LogP contribution in [0, 0.1) is 5.41 Å². The van der Waals surface area contributed by atoms with Gasteiger partial charge in [-0.2, -0.15) is 0 Å². The van der Waals surface area contributed by atoms with E-state index in [9.17, 15) is 14.4 Å². The van der Waals surface area contributed by atoms with Crippen LogP contribution < -0.4 is 0 Å². The van der Waals surface area contributed by atoms with Crippen LogP contribution in [-0.4, -0.2) is 23.5 Å². The Morgan fingerprint density at radius 2 is 0.744 bits per heavy atom. The Morgan fingerprint density at radius 3 is 0.974 bits per heavy atom. The molecule has 0 aliphatic carbocycles. The van der Waals surface area contributed by atoms with Crippen LogP contribution in [0.1, 0.15) is 184 Å². The fraction of sp³-hybridized carbons (Fsp3) is 0.909. The maximum Gasteiger partial charge on any atom is 0.355 e. The van der Waals surface area contributed by atoms with E-state index in [2.05, 4.69) is 23.6 Å². The Morgan fingerprint density at radius 1 is 0.462 bits per heavy atom. The number of rotatable bonds is 20. The van der Waals surface area contributed by atoms with Crippen molar-refractivity contribution < 1.29 is 28.9 Å². The Bertz CT molecular complexity index is 566. The molecule has 0 aliphatic rings. The Balaban J connectivity index is 0. The molecule has 0 N–H and O–H groups in total. The van der Waals surface area contributed by atoms with Crippen LogP contribution >= 0.6 is 0 Å². The maximum absolute atomic E-state index is 11.6. The third-order valence-electron chi connectivity index (χ3n) is 6.21. The number of carbonyl (C=O) groups excluding carboxylic acids is 3. The van der Waals surface area contributed by atoms with E-state index in [1.165, 1.54) is 77.0 Å². The largest absolute Gasteiger partial charge is 0.460 e. The molecule has 0 amide bonds. The molecule has 0 spiro atoms. The number of hydrogen-bond acceptors (Lipinski definition) is 6. The smallest absolute Gasteiger partial charge is 0.355 e. The first-order valence-corrected chi connectivity index (χ1v) is 16.0. The second kappa shape index (κ2) is 25.4. The van der Waals surface area contributed by atoms with Gasteiger partial charge in [0.1, 0.15) is 5.60 Å². The van der Waals surface area contributed by atoms with E-state index < -0.39 is 17.4 Å². The number of hydrogen-bond donors (Lipinski definition) is 0. The molecule has 0 fully saturated rings. The van der Waals surface area contributed by atoms with Crippen molar-refractivity contribution in [2.24, 2.45) is 5.41 Å². The third-order valence-corrected chi connectivity index (χ3v) is 6.21. The molecule has 0 unspecified atom stereocenters. The van der Waals surface area contributed by atoms with Gasteiger partial charge in [-0.3, -0.25) is 4.79 Å². The Labute approximate surface area is 241 Å². The molecule has 0 atom stereocenters. The monoisotopic (exact) mass is 556 g/mol. The van der Waals surface area contributed by atoms with Crippen LogP contribution in [0.4, 0.5) is 0 Å². The van der Waals surface area contributed by atoms with Crippen molar-refractivity contribution in [1.29, 1.82) is 0 Å². The first-order chi connectivity index (χ1) is 18.3. The molecule has 0 rings (SSSR count). The SMILES string of the molecule is CC(C)(C)OC(=O)C(C)(C)C.CCCCCCCCCCCC(=O)OOC(=O)CCCCCCCCCCC. The van der Waals surface area contributed by atoms with Gasteiger partial charge >= 0.3 is 17.9 Å². The second-order valence-corrected chi connectivity index (χ2v) is 12.8. The zero-order valence-electron chi connectivity index (χ0n) is 27.1. The molecule has 0 aromatic rings. The molecular weight excluding hydrogens is 492 g/mol. The minimum atomic E-state index is -0.427. The number of esters is 1. The summed E-state index contributed by atoms with van der Waals surface area (Å²) in [6.45, 7) is 15.6. The molecule has 0 aromatic heterocycles. The summed E-state index contributed by atoms with van der Waals surface area (Å²) in [4.78, 5) is 43.7. The lowest BCUT2D eigenvalue weighted by molar-refractivity contribution is -0.259. The predicted molar refractivity (Wildman–Crippen MR) is 161 cm³/mol. The summed E-state index contributed by atoms with van der Waals surface area (Å²) in [7, 11) is 0. The van der Waals surface area contributed by atoms with E-state index in [0.717, 1.165) is 38.5 Å². The second-order valence-electron chi connectivity index (χ2n) is 12.8. The first-order valence-electron chi connectivity index (χ1n) is 16.0. The number of ether oxygens (including phenoxy) is 1. The predicted octanol–water partition coefficient (Wildman–Crippen LogP) is 10.2. The van der Waals surface area contributed by atoms with Crippen molar-refractivity contribution in [1.82, 2.24) is 0 Å². The van der Waals surface area contributed by atoms with Gasteiger partial charge in [0.05, 0.1) is 18.3 Å². The maximum atomic E-state index is 11.6. The van der Waals surface area contributed by atoms with Crippen LogP contribution in [0.3, 0.4) is 0 Å². The molecule has 6 nitrogen and oxygen atoms in total. The Hall–Kier alpha value is -1.59. The Kier molecular flexibility index (Phi) is 25.7. The van der Waals surface area contributed by atoms with Gasteiger partial charge in [-0.05, 0) is 54.4 Å². The molecule has 0 bridgehead atoms. The van der Waals surface area contributed by atoms with Crippen LogP contribution in [-0.2, 0) is 28.9 Å². The average molecular weight is 557 g/mol. The summed E-state index contributed by atoms with van der Waals surface area (Å²) in [5.41, 5.74) is -0.766. The van der Waals surface area contributed by atoms with E-state index >= 15 is 0 Å². The van der Waals surface area contributed by atoms with Crippen molar-refractivity contribution in [3.05, 3.63) is 0 Å². The fourth-order valence-electron chi connectivity index (χ4n) is 3.77. The lowest BCUT2D eigenvalue weighted by Gasteiger charge is -2.25. The van der Waals surface area contributed by atoms with Crippen molar-refractivity contribution in [3.63, 3.8) is 0 Å². The van der Waals surface area contributed by atoms with Crippen molar-refractivity contribution >= 4 is 17.9 Å². The number of unbranched alkanes of at least 4 members (excludes halogenated alkanes) is 16. The molecule has 0 aliphatic heterocycles. The summed E-state index contributed by atoms with van der Waals surface area (Å²) in [6.07, 6.45) is 22.3. The molecule has 0 radical (unpaired) electrons. The lowest BCUT2D eigenvalue weighted by atomic mass is 9.97. The van der Waals surface area contributed by atoms with Crippen molar-refractivity contribution in [3.8, 4) is 0 Å². The number of carbonyl (C=O) groups is 3. The summed E-state index contributed by atoms with van der Waals surface area (Å²) in [6, 6.07) is 0. The molecule has 39 heavy (non-hydrogen) atoms. The van der Waals surface area contributed by atoms with E-state index in [1.54, 1.807) is 0 Å². The fourth-order valence-corrected chi connectivity index (χ4v) is 3.77. The van der Waals surface area contributed by atoms with Crippen LogP contribution in [0.15, 0.2) is 0 Å². The average Bonchev–Trinajstić information content (AvgIpc) is 2.84. The van der Waals surface area contributed by atoms with Gasteiger partial charge in [0.25, 0.3) is 0 Å². The lowest BCUT2D eigenvalue weighted by Crippen LogP contribution is -2.31. The summed E-state index contributed by atoms with van der Waals surface area (Å²) >= 11 is 0. The van der Waals surface area contributed by atoms with E-state index in [-0.39, 0.29) is 11.6 Å². The minimum absolute atomic E-state index is 0.148. The van der Waals surface area contributed by atoms with Gasteiger partial charge in [-0.25, -0.2) is 19.4 Å². The van der Waals surface area contributed by atoms with E-state index in [4.69, 9.17) is 4.74 Å². The highest BCUT2D eigenvalue weighted by Gasteiger charge is 2.27. The van der Waals surface area contributed by atoms with E-state index in [0.29, 0.717) is 12.8 Å². The van der Waals surface area contributed by atoms with Gasteiger partial charge < -0.3 is 4.74 Å². The van der Waals surface area contributed by atoms with Crippen molar-refractivity contribution in [2.45, 2.75) is 189 Å². The first kappa shape index (κ1) is 39.6.